The second-order valence-electron chi connectivity index (χ2n) is 4.48. The number of nitrogens with one attached hydrogen (secondary N) is 1. The molecule has 98 valence electrons. The summed E-state index contributed by atoms with van der Waals surface area (Å²) in [5, 5.41) is 2.80. The van der Waals surface area contributed by atoms with Crippen LogP contribution in [0.15, 0.2) is 18.3 Å². The molecule has 0 spiro atoms. The van der Waals surface area contributed by atoms with Gasteiger partial charge in [0.1, 0.15) is 0 Å². The number of likely N-dealkylation sites (N-methyl/N-ethyl adjacent to an activating group) is 1. The highest BCUT2D eigenvalue weighted by atomic mass is 19.1. The molecule has 0 unspecified atom stereocenters. The molecule has 1 N–H and O–H groups in total. The fourth-order valence-electron chi connectivity index (χ4n) is 2.00. The normalized spacial score (nSPS) is 14.8. The monoisotopic (exact) mass is 251 g/mol. The standard InChI is InChI=1S/C13H18FN3O/c1-2-17(11-3-4-11)8-7-16-13(18)10-5-6-15-12(14)9-10/h5-6,9,11H,2-4,7-8H2,1H3,(H,16,18). The summed E-state index contributed by atoms with van der Waals surface area (Å²) in [6.45, 7) is 4.57. The molecule has 1 fully saturated rings. The van der Waals surface area contributed by atoms with Crippen molar-refractivity contribution in [3.05, 3.63) is 29.8 Å². The number of rotatable bonds is 6. The maximum Gasteiger partial charge on any atom is 0.251 e. The largest absolute Gasteiger partial charge is 0.351 e. The van der Waals surface area contributed by atoms with Crippen molar-refractivity contribution in [3.63, 3.8) is 0 Å². The second kappa shape index (κ2) is 5.91. The number of amides is 1. The Morgan fingerprint density at radius 2 is 2.39 bits per heavy atom. The lowest BCUT2D eigenvalue weighted by Crippen LogP contribution is -2.36. The lowest BCUT2D eigenvalue weighted by Gasteiger charge is -2.19. The average molecular weight is 251 g/mol. The Hall–Kier alpha value is -1.49. The molecule has 0 bridgehead atoms. The van der Waals surface area contributed by atoms with E-state index in [1.165, 1.54) is 25.1 Å². The Bertz CT molecular complexity index is 420. The van der Waals surface area contributed by atoms with Crippen LogP contribution in [0.25, 0.3) is 0 Å². The Morgan fingerprint density at radius 3 is 3.00 bits per heavy atom. The zero-order chi connectivity index (χ0) is 13.0. The minimum absolute atomic E-state index is 0.247. The van der Waals surface area contributed by atoms with E-state index in [9.17, 15) is 9.18 Å². The van der Waals surface area contributed by atoms with E-state index in [0.717, 1.165) is 19.2 Å². The molecular formula is C13H18FN3O. The van der Waals surface area contributed by atoms with Gasteiger partial charge in [-0.25, -0.2) is 4.98 Å². The van der Waals surface area contributed by atoms with Crippen LogP contribution in [-0.2, 0) is 0 Å². The number of hydrogen-bond acceptors (Lipinski definition) is 3. The summed E-state index contributed by atoms with van der Waals surface area (Å²) in [6, 6.07) is 3.36. The van der Waals surface area contributed by atoms with E-state index in [0.29, 0.717) is 18.2 Å². The quantitative estimate of drug-likeness (QED) is 0.778. The van der Waals surface area contributed by atoms with Crippen molar-refractivity contribution in [2.45, 2.75) is 25.8 Å². The van der Waals surface area contributed by atoms with E-state index < -0.39 is 5.95 Å². The molecule has 0 atom stereocenters. The Labute approximate surface area is 106 Å². The van der Waals surface area contributed by atoms with Gasteiger partial charge in [-0.3, -0.25) is 9.69 Å². The van der Waals surface area contributed by atoms with E-state index >= 15 is 0 Å². The molecule has 4 nitrogen and oxygen atoms in total. The Morgan fingerprint density at radius 1 is 1.61 bits per heavy atom. The number of halogens is 1. The van der Waals surface area contributed by atoms with Crippen LogP contribution in [0.4, 0.5) is 4.39 Å². The van der Waals surface area contributed by atoms with Crippen molar-refractivity contribution < 1.29 is 9.18 Å². The summed E-state index contributed by atoms with van der Waals surface area (Å²) >= 11 is 0. The molecule has 1 saturated carbocycles. The van der Waals surface area contributed by atoms with Crippen molar-refractivity contribution in [2.75, 3.05) is 19.6 Å². The molecule has 0 saturated heterocycles. The van der Waals surface area contributed by atoms with Gasteiger partial charge in [-0.15, -0.1) is 0 Å². The Balaban J connectivity index is 1.77. The van der Waals surface area contributed by atoms with Gasteiger partial charge in [-0.2, -0.15) is 4.39 Å². The van der Waals surface area contributed by atoms with Crippen molar-refractivity contribution in [2.24, 2.45) is 0 Å². The van der Waals surface area contributed by atoms with Crippen molar-refractivity contribution in [1.82, 2.24) is 15.2 Å². The van der Waals surface area contributed by atoms with Crippen LogP contribution in [0.5, 0.6) is 0 Å². The van der Waals surface area contributed by atoms with E-state index in [-0.39, 0.29) is 5.91 Å². The summed E-state index contributed by atoms with van der Waals surface area (Å²) in [7, 11) is 0. The number of carbonyl (C=O) groups excluding carboxylic acids is 1. The number of aromatic nitrogens is 1. The Kier molecular flexibility index (Phi) is 4.25. The molecule has 0 radical (unpaired) electrons. The first-order valence-corrected chi connectivity index (χ1v) is 6.34. The topological polar surface area (TPSA) is 45.2 Å². The minimum Gasteiger partial charge on any atom is -0.351 e. The van der Waals surface area contributed by atoms with Crippen LogP contribution in [0.2, 0.25) is 0 Å². The molecule has 1 amide bonds. The van der Waals surface area contributed by atoms with Gasteiger partial charge in [0.05, 0.1) is 0 Å². The van der Waals surface area contributed by atoms with E-state index in [1.807, 2.05) is 0 Å². The molecule has 1 aromatic heterocycles. The highest BCUT2D eigenvalue weighted by Crippen LogP contribution is 2.25. The van der Waals surface area contributed by atoms with Crippen LogP contribution in [0.1, 0.15) is 30.1 Å². The van der Waals surface area contributed by atoms with Gasteiger partial charge in [0.2, 0.25) is 5.95 Å². The third-order valence-electron chi connectivity index (χ3n) is 3.14. The average Bonchev–Trinajstić information content (AvgIpc) is 3.18. The first kappa shape index (κ1) is 13.0. The molecule has 1 aliphatic carbocycles. The fraction of sp³-hybridized carbons (Fsp3) is 0.538. The highest BCUT2D eigenvalue weighted by Gasteiger charge is 2.27. The van der Waals surface area contributed by atoms with E-state index in [1.54, 1.807) is 0 Å². The first-order valence-electron chi connectivity index (χ1n) is 6.34. The van der Waals surface area contributed by atoms with Gasteiger partial charge >= 0.3 is 0 Å². The molecular weight excluding hydrogens is 233 g/mol. The van der Waals surface area contributed by atoms with Crippen LogP contribution >= 0.6 is 0 Å². The molecule has 0 aromatic carbocycles. The first-order chi connectivity index (χ1) is 8.70. The van der Waals surface area contributed by atoms with Gasteiger partial charge in [0, 0.05) is 37.0 Å². The van der Waals surface area contributed by atoms with Crippen molar-refractivity contribution >= 4 is 5.91 Å². The highest BCUT2D eigenvalue weighted by molar-refractivity contribution is 5.93. The molecule has 1 aromatic rings. The van der Waals surface area contributed by atoms with E-state index in [4.69, 9.17) is 0 Å². The summed E-state index contributed by atoms with van der Waals surface area (Å²) in [6.07, 6.45) is 3.82. The van der Waals surface area contributed by atoms with Crippen LogP contribution in [-0.4, -0.2) is 41.5 Å². The third kappa shape index (κ3) is 3.50. The molecule has 2 rings (SSSR count). The summed E-state index contributed by atoms with van der Waals surface area (Å²) < 4.78 is 12.8. The van der Waals surface area contributed by atoms with Crippen LogP contribution < -0.4 is 5.32 Å². The summed E-state index contributed by atoms with van der Waals surface area (Å²) in [5.41, 5.74) is 0.317. The van der Waals surface area contributed by atoms with Gasteiger partial charge in [-0.1, -0.05) is 6.92 Å². The third-order valence-corrected chi connectivity index (χ3v) is 3.14. The van der Waals surface area contributed by atoms with Gasteiger partial charge in [0.25, 0.3) is 5.91 Å². The number of hydrogen-bond donors (Lipinski definition) is 1. The minimum atomic E-state index is -0.629. The zero-order valence-electron chi connectivity index (χ0n) is 10.5. The summed E-state index contributed by atoms with van der Waals surface area (Å²) in [5.74, 6) is -0.876. The van der Waals surface area contributed by atoms with E-state index in [2.05, 4.69) is 22.1 Å². The van der Waals surface area contributed by atoms with Gasteiger partial charge < -0.3 is 5.32 Å². The zero-order valence-corrected chi connectivity index (χ0v) is 10.5. The smallest absolute Gasteiger partial charge is 0.251 e. The van der Waals surface area contributed by atoms with Crippen LogP contribution in [0, 0.1) is 5.95 Å². The molecule has 1 heterocycles. The predicted octanol–water partition coefficient (Wildman–Crippen LogP) is 1.43. The van der Waals surface area contributed by atoms with Gasteiger partial charge in [-0.05, 0) is 25.5 Å². The predicted molar refractivity (Wildman–Crippen MR) is 66.8 cm³/mol. The van der Waals surface area contributed by atoms with Crippen molar-refractivity contribution in [1.29, 1.82) is 0 Å². The fourth-order valence-corrected chi connectivity index (χ4v) is 2.00. The molecule has 0 aliphatic heterocycles. The summed E-state index contributed by atoms with van der Waals surface area (Å²) in [4.78, 5) is 17.5. The number of carbonyl (C=O) groups is 1. The number of pyridine rings is 1. The molecule has 5 heteroatoms. The van der Waals surface area contributed by atoms with Gasteiger partial charge in [0.15, 0.2) is 0 Å². The van der Waals surface area contributed by atoms with Crippen LogP contribution in [0.3, 0.4) is 0 Å². The maximum atomic E-state index is 12.8. The lowest BCUT2D eigenvalue weighted by molar-refractivity contribution is 0.0947. The molecule has 1 aliphatic rings. The maximum absolute atomic E-state index is 12.8. The number of nitrogens with zero attached hydrogens (tertiary/aromatic N) is 2. The second-order valence-corrected chi connectivity index (χ2v) is 4.48. The lowest BCUT2D eigenvalue weighted by atomic mass is 10.2. The van der Waals surface area contributed by atoms with Crippen molar-refractivity contribution in [3.8, 4) is 0 Å². The SMILES string of the molecule is CCN(CCNC(=O)c1ccnc(F)c1)C1CC1. The molecule has 18 heavy (non-hydrogen) atoms.